The normalized spacial score (nSPS) is 14.1. The van der Waals surface area contributed by atoms with Gasteiger partial charge >= 0.3 is 0 Å². The second kappa shape index (κ2) is 3.25. The number of hydrogen-bond acceptors (Lipinski definition) is 1. The van der Waals surface area contributed by atoms with Gasteiger partial charge in [0.15, 0.2) is 0 Å². The highest BCUT2D eigenvalue weighted by atomic mass is 79.9. The maximum Gasteiger partial charge on any atom is 0.0994 e. The highest BCUT2D eigenvalue weighted by molar-refractivity contribution is 9.10. The Morgan fingerprint density at radius 3 is 2.71 bits per heavy atom. The summed E-state index contributed by atoms with van der Waals surface area (Å²) in [6.45, 7) is 4.25. The predicted molar refractivity (Wildman–Crippen MR) is 60.8 cm³/mol. The van der Waals surface area contributed by atoms with Crippen molar-refractivity contribution >= 4 is 21.5 Å². The van der Waals surface area contributed by atoms with Crippen molar-refractivity contribution < 1.29 is 0 Å². The number of hydrogen-bond donors (Lipinski definition) is 0. The van der Waals surface area contributed by atoms with Gasteiger partial charge in [0.25, 0.3) is 0 Å². The molecule has 0 fully saturated rings. The average molecular weight is 248 g/mol. The fourth-order valence-corrected chi connectivity index (χ4v) is 2.59. The van der Waals surface area contributed by atoms with E-state index in [1.165, 1.54) is 22.3 Å². The van der Waals surface area contributed by atoms with Crippen LogP contribution >= 0.6 is 15.9 Å². The summed E-state index contributed by atoms with van der Waals surface area (Å²) in [6.07, 6.45) is 0.920. The Bertz CT molecular complexity index is 478. The molecule has 0 atom stereocenters. The highest BCUT2D eigenvalue weighted by Crippen LogP contribution is 2.38. The maximum absolute atomic E-state index is 8.98. The van der Waals surface area contributed by atoms with Crippen molar-refractivity contribution in [1.82, 2.24) is 0 Å². The zero-order valence-corrected chi connectivity index (χ0v) is 9.77. The summed E-state index contributed by atoms with van der Waals surface area (Å²) in [5, 5.41) is 8.98. The van der Waals surface area contributed by atoms with E-state index < -0.39 is 0 Å². The van der Waals surface area contributed by atoms with Gasteiger partial charge in [-0.3, -0.25) is 0 Å². The van der Waals surface area contributed by atoms with Crippen molar-refractivity contribution in [2.45, 2.75) is 20.3 Å². The Labute approximate surface area is 92.2 Å². The van der Waals surface area contributed by atoms with Crippen LogP contribution in [0, 0.1) is 11.3 Å². The van der Waals surface area contributed by atoms with Gasteiger partial charge in [-0.1, -0.05) is 21.5 Å². The third-order valence-electron chi connectivity index (χ3n) is 2.84. The Morgan fingerprint density at radius 1 is 1.36 bits per heavy atom. The third-order valence-corrected chi connectivity index (χ3v) is 3.50. The molecule has 0 bridgehead atoms. The summed E-state index contributed by atoms with van der Waals surface area (Å²) in [5.74, 6) is 0. The lowest BCUT2D eigenvalue weighted by atomic mass is 10.0. The van der Waals surface area contributed by atoms with E-state index in [-0.39, 0.29) is 0 Å². The summed E-state index contributed by atoms with van der Waals surface area (Å²) in [6, 6.07) is 6.09. The van der Waals surface area contributed by atoms with Gasteiger partial charge in [-0.15, -0.1) is 0 Å². The summed E-state index contributed by atoms with van der Waals surface area (Å²) >= 11 is 3.53. The first-order chi connectivity index (χ1) is 6.65. The summed E-state index contributed by atoms with van der Waals surface area (Å²) in [4.78, 5) is 0. The molecule has 0 N–H and O–H groups in total. The zero-order chi connectivity index (χ0) is 10.3. The molecule has 2 heteroatoms. The van der Waals surface area contributed by atoms with Crippen molar-refractivity contribution in [3.05, 3.63) is 38.9 Å². The van der Waals surface area contributed by atoms with E-state index >= 15 is 0 Å². The van der Waals surface area contributed by atoms with E-state index in [2.05, 4.69) is 35.8 Å². The van der Waals surface area contributed by atoms with Crippen molar-refractivity contribution in [3.8, 4) is 6.07 Å². The number of rotatable bonds is 0. The lowest BCUT2D eigenvalue weighted by molar-refractivity contribution is 1.18. The second-order valence-electron chi connectivity index (χ2n) is 3.64. The highest BCUT2D eigenvalue weighted by Gasteiger charge is 2.20. The molecule has 1 aliphatic carbocycles. The SMILES string of the molecule is CC1=C(C)c2c(Br)ccc(C#N)c2C1. The van der Waals surface area contributed by atoms with Gasteiger partial charge in [0.1, 0.15) is 0 Å². The number of benzene rings is 1. The van der Waals surface area contributed by atoms with Gasteiger partial charge in [0, 0.05) is 4.47 Å². The largest absolute Gasteiger partial charge is 0.192 e. The van der Waals surface area contributed by atoms with Crippen molar-refractivity contribution in [2.24, 2.45) is 0 Å². The first-order valence-corrected chi connectivity index (χ1v) is 5.32. The van der Waals surface area contributed by atoms with Crippen LogP contribution in [0.3, 0.4) is 0 Å². The molecule has 0 heterocycles. The topological polar surface area (TPSA) is 23.8 Å². The lowest BCUT2D eigenvalue weighted by Crippen LogP contribution is -1.90. The minimum atomic E-state index is 0.805. The van der Waals surface area contributed by atoms with Gasteiger partial charge in [0.05, 0.1) is 11.6 Å². The second-order valence-corrected chi connectivity index (χ2v) is 4.50. The van der Waals surface area contributed by atoms with Gasteiger partial charge in [-0.2, -0.15) is 5.26 Å². The molecule has 2 rings (SSSR count). The molecule has 0 saturated heterocycles. The average Bonchev–Trinajstić information content (AvgIpc) is 2.45. The summed E-state index contributed by atoms with van der Waals surface area (Å²) < 4.78 is 1.10. The van der Waals surface area contributed by atoms with Crippen LogP contribution in [0.1, 0.15) is 30.5 Å². The molecule has 0 saturated carbocycles. The van der Waals surface area contributed by atoms with Crippen LogP contribution < -0.4 is 0 Å². The van der Waals surface area contributed by atoms with Crippen LogP contribution in [-0.4, -0.2) is 0 Å². The first-order valence-electron chi connectivity index (χ1n) is 4.53. The Hall–Kier alpha value is -1.07. The van der Waals surface area contributed by atoms with Crippen LogP contribution in [0.15, 0.2) is 22.2 Å². The first kappa shape index (κ1) is 9.48. The molecule has 1 aromatic carbocycles. The molecule has 1 aromatic rings. The van der Waals surface area contributed by atoms with E-state index in [1.807, 2.05) is 12.1 Å². The van der Waals surface area contributed by atoms with Crippen molar-refractivity contribution in [2.75, 3.05) is 0 Å². The van der Waals surface area contributed by atoms with Gasteiger partial charge in [-0.05, 0) is 49.1 Å². The van der Waals surface area contributed by atoms with Crippen LogP contribution in [0.25, 0.3) is 5.57 Å². The van der Waals surface area contributed by atoms with Crippen LogP contribution in [0.5, 0.6) is 0 Å². The number of fused-ring (bicyclic) bond motifs is 1. The summed E-state index contributed by atoms with van der Waals surface area (Å²) in [7, 11) is 0. The molecule has 70 valence electrons. The molecule has 0 spiro atoms. The quantitative estimate of drug-likeness (QED) is 0.687. The molecule has 0 amide bonds. The Morgan fingerprint density at radius 2 is 2.07 bits per heavy atom. The molecular weight excluding hydrogens is 238 g/mol. The molecule has 14 heavy (non-hydrogen) atoms. The fraction of sp³-hybridized carbons (Fsp3) is 0.250. The van der Waals surface area contributed by atoms with Gasteiger partial charge in [-0.25, -0.2) is 0 Å². The number of nitriles is 1. The van der Waals surface area contributed by atoms with E-state index in [0.717, 1.165) is 16.5 Å². The maximum atomic E-state index is 8.98. The summed E-state index contributed by atoms with van der Waals surface area (Å²) in [5.41, 5.74) is 5.88. The van der Waals surface area contributed by atoms with E-state index in [0.29, 0.717) is 0 Å². The molecule has 1 nitrogen and oxygen atoms in total. The number of allylic oxidation sites excluding steroid dienone is 2. The Kier molecular flexibility index (Phi) is 2.20. The van der Waals surface area contributed by atoms with Gasteiger partial charge < -0.3 is 0 Å². The van der Waals surface area contributed by atoms with Crippen molar-refractivity contribution in [3.63, 3.8) is 0 Å². The molecule has 0 unspecified atom stereocenters. The minimum absolute atomic E-state index is 0.805. The minimum Gasteiger partial charge on any atom is -0.192 e. The lowest BCUT2D eigenvalue weighted by Gasteiger charge is -2.05. The smallest absolute Gasteiger partial charge is 0.0994 e. The van der Waals surface area contributed by atoms with Crippen LogP contribution in [-0.2, 0) is 6.42 Å². The van der Waals surface area contributed by atoms with Crippen molar-refractivity contribution in [1.29, 1.82) is 5.26 Å². The molecular formula is C12H10BrN. The predicted octanol–water partition coefficient (Wildman–Crippen LogP) is 3.67. The zero-order valence-electron chi connectivity index (χ0n) is 8.19. The molecule has 1 aliphatic rings. The number of nitrogens with zero attached hydrogens (tertiary/aromatic N) is 1. The van der Waals surface area contributed by atoms with Crippen LogP contribution in [0.4, 0.5) is 0 Å². The van der Waals surface area contributed by atoms with E-state index in [4.69, 9.17) is 5.26 Å². The molecule has 0 radical (unpaired) electrons. The molecule has 0 aliphatic heterocycles. The van der Waals surface area contributed by atoms with E-state index in [1.54, 1.807) is 0 Å². The number of halogens is 1. The third kappa shape index (κ3) is 1.20. The molecule has 0 aromatic heterocycles. The van der Waals surface area contributed by atoms with E-state index in [9.17, 15) is 0 Å². The Balaban J connectivity index is 2.74. The standard InChI is InChI=1S/C12H10BrN/c1-7-5-10-9(6-14)3-4-11(13)12(10)8(7)2/h3-4H,5H2,1-2H3. The fourth-order valence-electron chi connectivity index (χ4n) is 1.92. The monoisotopic (exact) mass is 247 g/mol. The van der Waals surface area contributed by atoms with Crippen LogP contribution in [0.2, 0.25) is 0 Å². The van der Waals surface area contributed by atoms with Gasteiger partial charge in [0.2, 0.25) is 0 Å².